The fourth-order valence-electron chi connectivity index (χ4n) is 1.98. The molecule has 0 fully saturated rings. The average molecular weight is 407 g/mol. The molecule has 0 heterocycles. The van der Waals surface area contributed by atoms with Crippen LogP contribution < -0.4 is 15.8 Å². The first kappa shape index (κ1) is 18.5. The largest absolute Gasteiger partial charge is 0.496 e. The van der Waals surface area contributed by atoms with Crippen LogP contribution in [0.1, 0.15) is 20.7 Å². The van der Waals surface area contributed by atoms with Crippen LogP contribution in [0, 0.1) is 0 Å². The molecule has 3 N–H and O–H groups in total. The van der Waals surface area contributed by atoms with E-state index in [9.17, 15) is 14.4 Å². The van der Waals surface area contributed by atoms with E-state index in [-0.39, 0.29) is 16.8 Å². The van der Waals surface area contributed by atoms with Gasteiger partial charge in [-0.2, -0.15) is 0 Å². The van der Waals surface area contributed by atoms with Crippen molar-refractivity contribution in [3.05, 3.63) is 58.1 Å². The molecule has 0 saturated carbocycles. The van der Waals surface area contributed by atoms with Crippen molar-refractivity contribution in [3.63, 3.8) is 0 Å². The quantitative estimate of drug-likeness (QED) is 0.581. The van der Waals surface area contributed by atoms with E-state index < -0.39 is 24.4 Å². The van der Waals surface area contributed by atoms with E-state index in [1.807, 2.05) is 0 Å². The van der Waals surface area contributed by atoms with Crippen LogP contribution in [-0.4, -0.2) is 31.5 Å². The Balaban J connectivity index is 1.95. The molecule has 0 spiro atoms. The van der Waals surface area contributed by atoms with Crippen molar-refractivity contribution in [2.24, 2.45) is 0 Å². The minimum atomic E-state index is -0.766. The van der Waals surface area contributed by atoms with Gasteiger partial charge in [-0.05, 0) is 30.3 Å². The van der Waals surface area contributed by atoms with Crippen LogP contribution >= 0.6 is 15.9 Å². The molecule has 2 aromatic rings. The first-order valence-corrected chi connectivity index (χ1v) is 7.91. The number of nitrogens with one attached hydrogen (secondary N) is 1. The number of anilines is 1. The number of carbonyl (C=O) groups is 3. The van der Waals surface area contributed by atoms with Gasteiger partial charge >= 0.3 is 5.97 Å². The molecule has 0 bridgehead atoms. The second-order valence-corrected chi connectivity index (χ2v) is 5.80. The second kappa shape index (κ2) is 8.29. The first-order valence-electron chi connectivity index (χ1n) is 7.11. The highest BCUT2D eigenvalue weighted by Crippen LogP contribution is 2.19. The second-order valence-electron chi connectivity index (χ2n) is 4.89. The van der Waals surface area contributed by atoms with Gasteiger partial charge in [0.25, 0.3) is 11.8 Å². The number of nitrogen functional groups attached to an aromatic ring is 1. The van der Waals surface area contributed by atoms with E-state index in [2.05, 4.69) is 21.2 Å². The van der Waals surface area contributed by atoms with Crippen LogP contribution in [0.5, 0.6) is 5.75 Å². The van der Waals surface area contributed by atoms with Gasteiger partial charge in [-0.3, -0.25) is 14.9 Å². The van der Waals surface area contributed by atoms with Crippen molar-refractivity contribution in [3.8, 4) is 5.75 Å². The summed E-state index contributed by atoms with van der Waals surface area (Å²) in [5.41, 5.74) is 6.23. The fourth-order valence-corrected chi connectivity index (χ4v) is 2.34. The fraction of sp³-hybridized carbons (Fsp3) is 0.118. The maximum atomic E-state index is 12.1. The summed E-state index contributed by atoms with van der Waals surface area (Å²) in [4.78, 5) is 35.9. The van der Waals surface area contributed by atoms with Gasteiger partial charge in [0.1, 0.15) is 5.75 Å². The topological polar surface area (TPSA) is 108 Å². The van der Waals surface area contributed by atoms with Gasteiger partial charge in [0.15, 0.2) is 6.61 Å². The Morgan fingerprint density at radius 2 is 1.84 bits per heavy atom. The van der Waals surface area contributed by atoms with Crippen molar-refractivity contribution >= 4 is 39.4 Å². The van der Waals surface area contributed by atoms with Gasteiger partial charge in [0, 0.05) is 10.2 Å². The van der Waals surface area contributed by atoms with Crippen LogP contribution in [0.15, 0.2) is 46.9 Å². The van der Waals surface area contributed by atoms with Gasteiger partial charge in [-0.1, -0.05) is 28.1 Å². The molecule has 0 aliphatic heterocycles. The smallest absolute Gasteiger partial charge is 0.340 e. The lowest BCUT2D eigenvalue weighted by molar-refractivity contribution is -0.123. The number of esters is 1. The highest BCUT2D eigenvalue weighted by atomic mass is 79.9. The van der Waals surface area contributed by atoms with Crippen LogP contribution in [0.25, 0.3) is 0 Å². The number of benzene rings is 2. The van der Waals surface area contributed by atoms with Crippen molar-refractivity contribution < 1.29 is 23.9 Å². The van der Waals surface area contributed by atoms with Gasteiger partial charge in [-0.15, -0.1) is 0 Å². The Morgan fingerprint density at radius 1 is 1.12 bits per heavy atom. The predicted molar refractivity (Wildman–Crippen MR) is 94.3 cm³/mol. The number of imide groups is 1. The Kier molecular flexibility index (Phi) is 6.13. The molecular formula is C17H15BrN2O5. The molecule has 0 unspecified atom stereocenters. The summed E-state index contributed by atoms with van der Waals surface area (Å²) in [5.74, 6) is -1.86. The number of methoxy groups -OCH3 is 1. The van der Waals surface area contributed by atoms with Crippen molar-refractivity contribution in [1.82, 2.24) is 5.32 Å². The van der Waals surface area contributed by atoms with E-state index in [0.717, 1.165) is 0 Å². The zero-order chi connectivity index (χ0) is 18.4. The number of nitrogens with two attached hydrogens (primary N) is 1. The van der Waals surface area contributed by atoms with Gasteiger partial charge in [-0.25, -0.2) is 4.79 Å². The van der Waals surface area contributed by atoms with Gasteiger partial charge < -0.3 is 15.2 Å². The molecule has 8 heteroatoms. The summed E-state index contributed by atoms with van der Waals surface area (Å²) < 4.78 is 10.6. The van der Waals surface area contributed by atoms with Gasteiger partial charge in [0.2, 0.25) is 0 Å². The average Bonchev–Trinajstić information content (AvgIpc) is 2.61. The maximum absolute atomic E-state index is 12.1. The van der Waals surface area contributed by atoms with E-state index in [0.29, 0.717) is 10.2 Å². The number of rotatable bonds is 5. The molecule has 25 heavy (non-hydrogen) atoms. The van der Waals surface area contributed by atoms with E-state index in [1.165, 1.54) is 25.3 Å². The van der Waals surface area contributed by atoms with Gasteiger partial charge in [0.05, 0.1) is 18.2 Å². The Morgan fingerprint density at radius 3 is 2.56 bits per heavy atom. The zero-order valence-electron chi connectivity index (χ0n) is 13.2. The normalized spacial score (nSPS) is 10.0. The van der Waals surface area contributed by atoms with E-state index in [4.69, 9.17) is 15.2 Å². The Hall–Kier alpha value is -2.87. The number of hydrogen-bond acceptors (Lipinski definition) is 6. The van der Waals surface area contributed by atoms with Crippen molar-refractivity contribution in [2.75, 3.05) is 19.5 Å². The molecule has 2 aromatic carbocycles. The molecule has 2 amide bonds. The van der Waals surface area contributed by atoms with Crippen LogP contribution in [0.4, 0.5) is 5.69 Å². The first-order chi connectivity index (χ1) is 11.9. The number of halogens is 1. The highest BCUT2D eigenvalue weighted by molar-refractivity contribution is 9.10. The lowest BCUT2D eigenvalue weighted by Gasteiger charge is -2.09. The molecule has 0 saturated heterocycles. The molecule has 0 atom stereocenters. The number of ether oxygens (including phenoxy) is 2. The minimum Gasteiger partial charge on any atom is -0.496 e. The molecular weight excluding hydrogens is 392 g/mol. The third-order valence-corrected chi connectivity index (χ3v) is 3.67. The summed E-state index contributed by atoms with van der Waals surface area (Å²) >= 11 is 3.22. The highest BCUT2D eigenvalue weighted by Gasteiger charge is 2.17. The molecule has 2 rings (SSSR count). The third-order valence-electron chi connectivity index (χ3n) is 3.17. The summed E-state index contributed by atoms with van der Waals surface area (Å²) in [7, 11) is 1.41. The number of para-hydroxylation sites is 1. The predicted octanol–water partition coefficient (Wildman–Crippen LogP) is 2.15. The number of carbonyl (C=O) groups excluding carboxylic acids is 3. The Bertz CT molecular complexity index is 822. The molecule has 130 valence electrons. The minimum absolute atomic E-state index is 0.123. The standard InChI is InChI=1S/C17H15BrN2O5/c1-24-14-5-3-2-4-11(14)16(22)20-15(21)9-25-17(23)12-8-10(18)6-7-13(12)19/h2-8H,9,19H2,1H3,(H,20,21,22). The lowest BCUT2D eigenvalue weighted by Crippen LogP contribution is -2.34. The van der Waals surface area contributed by atoms with Crippen molar-refractivity contribution in [1.29, 1.82) is 0 Å². The van der Waals surface area contributed by atoms with Crippen LogP contribution in [0.3, 0.4) is 0 Å². The summed E-state index contributed by atoms with van der Waals surface area (Å²) in [5, 5.41) is 2.13. The monoisotopic (exact) mass is 406 g/mol. The molecule has 0 aliphatic carbocycles. The third kappa shape index (κ3) is 4.80. The SMILES string of the molecule is COc1ccccc1C(=O)NC(=O)COC(=O)c1cc(Br)ccc1N. The maximum Gasteiger partial charge on any atom is 0.340 e. The molecule has 0 aromatic heterocycles. The van der Waals surface area contributed by atoms with Crippen LogP contribution in [-0.2, 0) is 9.53 Å². The number of amides is 2. The molecule has 0 aliphatic rings. The van der Waals surface area contributed by atoms with E-state index >= 15 is 0 Å². The summed E-state index contributed by atoms with van der Waals surface area (Å²) in [6.07, 6.45) is 0. The summed E-state index contributed by atoms with van der Waals surface area (Å²) in [6.45, 7) is -0.619. The van der Waals surface area contributed by atoms with E-state index in [1.54, 1.807) is 24.3 Å². The molecule has 0 radical (unpaired) electrons. The Labute approximate surface area is 152 Å². The summed E-state index contributed by atoms with van der Waals surface area (Å²) in [6, 6.07) is 11.1. The van der Waals surface area contributed by atoms with Crippen molar-refractivity contribution in [2.45, 2.75) is 0 Å². The molecule has 7 nitrogen and oxygen atoms in total. The van der Waals surface area contributed by atoms with Crippen LogP contribution in [0.2, 0.25) is 0 Å². The zero-order valence-corrected chi connectivity index (χ0v) is 14.8. The lowest BCUT2D eigenvalue weighted by atomic mass is 10.2. The number of hydrogen-bond donors (Lipinski definition) is 2.